The second-order valence-corrected chi connectivity index (χ2v) is 8.24. The molecule has 0 unspecified atom stereocenters. The molecule has 6 nitrogen and oxygen atoms in total. The molecule has 1 heterocycles. The number of benzene rings is 2. The minimum absolute atomic E-state index is 0.0438. The van der Waals surface area contributed by atoms with Crippen LogP contribution in [0.5, 0.6) is 11.5 Å². The van der Waals surface area contributed by atoms with Crippen LogP contribution in [0.15, 0.2) is 53.7 Å². The van der Waals surface area contributed by atoms with Gasteiger partial charge in [0.25, 0.3) is 0 Å². The Morgan fingerprint density at radius 1 is 1.13 bits per heavy atom. The Labute approximate surface area is 184 Å². The molecule has 1 aliphatic rings. The van der Waals surface area contributed by atoms with Crippen LogP contribution in [0.4, 0.5) is 0 Å². The molecule has 2 aromatic carbocycles. The summed E-state index contributed by atoms with van der Waals surface area (Å²) in [5.41, 5.74) is 0.658. The molecule has 0 saturated heterocycles. The first kappa shape index (κ1) is 20.8. The second kappa shape index (κ2) is 9.53. The van der Waals surface area contributed by atoms with Gasteiger partial charge in [0, 0.05) is 11.6 Å². The maximum Gasteiger partial charge on any atom is 0.192 e. The van der Waals surface area contributed by atoms with Crippen molar-refractivity contribution in [3.8, 4) is 11.5 Å². The molecular formula is C22H22ClN3O3S. The molecule has 0 radical (unpaired) electrons. The summed E-state index contributed by atoms with van der Waals surface area (Å²) in [4.78, 5) is 12.6. The summed E-state index contributed by atoms with van der Waals surface area (Å²) in [6.45, 7) is 2.81. The molecule has 1 aliphatic carbocycles. The van der Waals surface area contributed by atoms with Gasteiger partial charge in [0.05, 0.1) is 17.4 Å². The molecule has 0 amide bonds. The molecule has 0 aliphatic heterocycles. The minimum Gasteiger partial charge on any atom is -0.494 e. The van der Waals surface area contributed by atoms with Crippen molar-refractivity contribution in [3.05, 3.63) is 64.9 Å². The third-order valence-corrected chi connectivity index (χ3v) is 5.92. The zero-order valence-electron chi connectivity index (χ0n) is 16.6. The van der Waals surface area contributed by atoms with E-state index >= 15 is 0 Å². The smallest absolute Gasteiger partial charge is 0.192 e. The van der Waals surface area contributed by atoms with Crippen LogP contribution >= 0.6 is 23.4 Å². The van der Waals surface area contributed by atoms with Crippen molar-refractivity contribution in [1.82, 2.24) is 14.8 Å². The first-order chi connectivity index (χ1) is 14.7. The Kier molecular flexibility index (Phi) is 6.59. The van der Waals surface area contributed by atoms with E-state index in [1.165, 1.54) is 11.8 Å². The highest BCUT2D eigenvalue weighted by Crippen LogP contribution is 2.39. The molecule has 3 aromatic rings. The number of nitrogens with zero attached hydrogens (tertiary/aromatic N) is 3. The SMILES string of the molecule is CCOc1ccc(C(=O)CSc2nnc(COc3ccccc3Cl)n2C2CC2)cc1. The molecule has 0 bridgehead atoms. The number of carbonyl (C=O) groups is 1. The summed E-state index contributed by atoms with van der Waals surface area (Å²) in [6.07, 6.45) is 2.16. The lowest BCUT2D eigenvalue weighted by molar-refractivity contribution is 0.102. The van der Waals surface area contributed by atoms with Crippen molar-refractivity contribution < 1.29 is 14.3 Å². The van der Waals surface area contributed by atoms with E-state index in [0.717, 1.165) is 29.6 Å². The van der Waals surface area contributed by atoms with Crippen LogP contribution in [0.3, 0.4) is 0 Å². The van der Waals surface area contributed by atoms with Gasteiger partial charge in [-0.2, -0.15) is 0 Å². The van der Waals surface area contributed by atoms with Gasteiger partial charge < -0.3 is 9.47 Å². The van der Waals surface area contributed by atoms with Gasteiger partial charge in [-0.15, -0.1) is 10.2 Å². The van der Waals surface area contributed by atoms with Crippen molar-refractivity contribution in [2.45, 2.75) is 37.6 Å². The molecule has 0 atom stereocenters. The van der Waals surface area contributed by atoms with Gasteiger partial charge in [0.1, 0.15) is 18.1 Å². The first-order valence-electron chi connectivity index (χ1n) is 9.85. The third kappa shape index (κ3) is 4.96. The number of ketones is 1. The highest BCUT2D eigenvalue weighted by atomic mass is 35.5. The highest BCUT2D eigenvalue weighted by molar-refractivity contribution is 7.99. The van der Waals surface area contributed by atoms with Crippen molar-refractivity contribution in [3.63, 3.8) is 0 Å². The van der Waals surface area contributed by atoms with E-state index in [4.69, 9.17) is 21.1 Å². The zero-order chi connectivity index (χ0) is 20.9. The molecule has 4 rings (SSSR count). The maximum atomic E-state index is 12.6. The Hall–Kier alpha value is -2.51. The number of ether oxygens (including phenoxy) is 2. The summed E-state index contributed by atoms with van der Waals surface area (Å²) < 4.78 is 13.4. The summed E-state index contributed by atoms with van der Waals surface area (Å²) in [7, 11) is 0. The van der Waals surface area contributed by atoms with Gasteiger partial charge in [-0.3, -0.25) is 9.36 Å². The van der Waals surface area contributed by atoms with Gasteiger partial charge in [-0.25, -0.2) is 0 Å². The number of carbonyl (C=O) groups excluding carboxylic acids is 1. The van der Waals surface area contributed by atoms with Crippen molar-refractivity contribution in [2.75, 3.05) is 12.4 Å². The lowest BCUT2D eigenvalue weighted by atomic mass is 10.1. The van der Waals surface area contributed by atoms with Crippen LogP contribution in [-0.4, -0.2) is 32.9 Å². The van der Waals surface area contributed by atoms with E-state index in [1.54, 1.807) is 18.2 Å². The topological polar surface area (TPSA) is 66.2 Å². The van der Waals surface area contributed by atoms with Crippen LogP contribution in [0.25, 0.3) is 0 Å². The van der Waals surface area contributed by atoms with Crippen LogP contribution in [0.2, 0.25) is 5.02 Å². The van der Waals surface area contributed by atoms with Crippen molar-refractivity contribution in [1.29, 1.82) is 0 Å². The molecule has 8 heteroatoms. The second-order valence-electron chi connectivity index (χ2n) is 6.89. The van der Waals surface area contributed by atoms with Crippen molar-refractivity contribution >= 4 is 29.1 Å². The molecule has 1 saturated carbocycles. The predicted octanol–water partition coefficient (Wildman–Crippen LogP) is 5.22. The monoisotopic (exact) mass is 443 g/mol. The Balaban J connectivity index is 1.40. The predicted molar refractivity (Wildman–Crippen MR) is 117 cm³/mol. The molecule has 30 heavy (non-hydrogen) atoms. The quantitative estimate of drug-likeness (QED) is 0.316. The lowest BCUT2D eigenvalue weighted by Gasteiger charge is -2.10. The van der Waals surface area contributed by atoms with E-state index in [9.17, 15) is 4.79 Å². The Bertz CT molecular complexity index is 1020. The molecule has 0 spiro atoms. The summed E-state index contributed by atoms with van der Waals surface area (Å²) >= 11 is 7.57. The van der Waals surface area contributed by atoms with Gasteiger partial charge in [-0.1, -0.05) is 35.5 Å². The number of hydrogen-bond acceptors (Lipinski definition) is 6. The van der Waals surface area contributed by atoms with Gasteiger partial charge in [0.15, 0.2) is 16.8 Å². The fraction of sp³-hybridized carbons (Fsp3) is 0.318. The third-order valence-electron chi connectivity index (χ3n) is 4.66. The summed E-state index contributed by atoms with van der Waals surface area (Å²) in [6, 6.07) is 14.9. The van der Waals surface area contributed by atoms with E-state index in [0.29, 0.717) is 34.7 Å². The highest BCUT2D eigenvalue weighted by Gasteiger charge is 2.30. The first-order valence-corrected chi connectivity index (χ1v) is 11.2. The Morgan fingerprint density at radius 2 is 1.90 bits per heavy atom. The number of Topliss-reactive ketones (excluding diaryl/α,β-unsaturated/α-hetero) is 1. The number of para-hydroxylation sites is 1. The molecule has 1 aromatic heterocycles. The molecule has 1 fully saturated rings. The van der Waals surface area contributed by atoms with Crippen LogP contribution < -0.4 is 9.47 Å². The molecular weight excluding hydrogens is 422 g/mol. The van der Waals surface area contributed by atoms with E-state index < -0.39 is 0 Å². The maximum absolute atomic E-state index is 12.6. The van der Waals surface area contributed by atoms with Crippen LogP contribution in [-0.2, 0) is 6.61 Å². The number of aromatic nitrogens is 3. The van der Waals surface area contributed by atoms with Crippen LogP contribution in [0.1, 0.15) is 42.0 Å². The van der Waals surface area contributed by atoms with Crippen molar-refractivity contribution in [2.24, 2.45) is 0 Å². The van der Waals surface area contributed by atoms with Crippen LogP contribution in [0, 0.1) is 0 Å². The normalized spacial score (nSPS) is 13.3. The van der Waals surface area contributed by atoms with Gasteiger partial charge >= 0.3 is 0 Å². The standard InChI is InChI=1S/C22H22ClN3O3S/c1-2-28-17-11-7-15(8-12-17)19(27)14-30-22-25-24-21(26(22)16-9-10-16)13-29-20-6-4-3-5-18(20)23/h3-8,11-12,16H,2,9-10,13-14H2,1H3. The molecule has 0 N–H and O–H groups in total. The average Bonchev–Trinajstić information content (AvgIpc) is 3.52. The number of hydrogen-bond donors (Lipinski definition) is 0. The molecule has 156 valence electrons. The summed E-state index contributed by atoms with van der Waals surface area (Å²) in [5.74, 6) is 2.46. The fourth-order valence-electron chi connectivity index (χ4n) is 3.02. The number of halogens is 1. The largest absolute Gasteiger partial charge is 0.494 e. The van der Waals surface area contributed by atoms with E-state index in [1.807, 2.05) is 37.3 Å². The number of rotatable bonds is 10. The Morgan fingerprint density at radius 3 is 2.60 bits per heavy atom. The lowest BCUT2D eigenvalue weighted by Crippen LogP contribution is -2.08. The minimum atomic E-state index is 0.0438. The average molecular weight is 444 g/mol. The fourth-order valence-corrected chi connectivity index (χ4v) is 4.13. The summed E-state index contributed by atoms with van der Waals surface area (Å²) in [5, 5.41) is 9.91. The van der Waals surface area contributed by atoms with Gasteiger partial charge in [-0.05, 0) is 56.2 Å². The number of thioether (sulfide) groups is 1. The zero-order valence-corrected chi connectivity index (χ0v) is 18.2. The van der Waals surface area contributed by atoms with E-state index in [-0.39, 0.29) is 12.4 Å². The van der Waals surface area contributed by atoms with E-state index in [2.05, 4.69) is 14.8 Å². The van der Waals surface area contributed by atoms with Gasteiger partial charge in [0.2, 0.25) is 0 Å².